The number of amides is 8. The minimum absolute atomic E-state index is 0.0536. The maximum absolute atomic E-state index is 15.3. The topological polar surface area (TPSA) is 249 Å². The average molecular weight is 1260 g/mol. The van der Waals surface area contributed by atoms with Crippen molar-refractivity contribution in [3.8, 4) is 5.75 Å². The number of benzene rings is 1. The van der Waals surface area contributed by atoms with E-state index in [1.165, 1.54) is 56.9 Å². The van der Waals surface area contributed by atoms with Crippen molar-refractivity contribution in [3.05, 3.63) is 42.5 Å². The number of allylic oxidation sites excluding steroid dienone is 2. The van der Waals surface area contributed by atoms with Gasteiger partial charge in [0, 0.05) is 47.5 Å². The number of esters is 1. The number of cyclic esters (lactones) is 2. The number of hydrogen-bond donors (Lipinski definition) is 4. The normalized spacial score (nSPS) is 25.1. The van der Waals surface area contributed by atoms with Crippen molar-refractivity contribution in [2.24, 2.45) is 41.4 Å². The maximum atomic E-state index is 15.3. The Hall–Kier alpha value is -6.20. The van der Waals surface area contributed by atoms with Crippen molar-refractivity contribution in [1.29, 1.82) is 0 Å². The number of ether oxygens (including phenoxy) is 3. The lowest BCUT2D eigenvalue weighted by molar-refractivity contribution is -0.152. The lowest BCUT2D eigenvalue weighted by Gasteiger charge is -2.40. The van der Waals surface area contributed by atoms with Crippen LogP contribution in [0.5, 0.6) is 5.75 Å². The number of thiocarbonyl (C=S) groups is 1. The molecule has 11 atom stereocenters. The Labute approximate surface area is 531 Å². The van der Waals surface area contributed by atoms with E-state index in [1.54, 1.807) is 51.1 Å². The van der Waals surface area contributed by atoms with Crippen molar-refractivity contribution in [2.75, 3.05) is 48.8 Å². The zero-order valence-electron chi connectivity index (χ0n) is 57.0. The second-order valence-corrected chi connectivity index (χ2v) is 26.9. The lowest BCUT2D eigenvalue weighted by Crippen LogP contribution is -2.62. The molecule has 0 aromatic heterocycles. The predicted octanol–water partition coefficient (Wildman–Crippen LogP) is 7.20. The van der Waals surface area contributed by atoms with Gasteiger partial charge < -0.3 is 49.8 Å². The van der Waals surface area contributed by atoms with Crippen LogP contribution in [0.1, 0.15) is 156 Å². The van der Waals surface area contributed by atoms with Gasteiger partial charge in [0.2, 0.25) is 41.4 Å². The van der Waals surface area contributed by atoms with Gasteiger partial charge in [-0.15, -0.1) is 0 Å². The highest BCUT2D eigenvalue weighted by Crippen LogP contribution is 2.24. The van der Waals surface area contributed by atoms with Crippen molar-refractivity contribution in [3.63, 3.8) is 0 Å². The van der Waals surface area contributed by atoms with E-state index in [4.69, 9.17) is 26.4 Å². The zero-order valence-corrected chi connectivity index (χ0v) is 57.8. The molecule has 1 aromatic carbocycles. The fraction of sp³-hybridized carbons (Fsp3) is 0.723. The van der Waals surface area contributed by atoms with Crippen LogP contribution in [-0.2, 0) is 47.8 Å². The number of para-hydroxylation sites is 1. The molecule has 1 aromatic rings. The highest BCUT2D eigenvalue weighted by atomic mass is 32.1. The summed E-state index contributed by atoms with van der Waals surface area (Å²) >= 11 is 5.52. The quantitative estimate of drug-likeness (QED) is 0.0491. The second-order valence-electron chi connectivity index (χ2n) is 26.6. The first-order valence-corrected chi connectivity index (χ1v) is 31.8. The van der Waals surface area contributed by atoms with Crippen LogP contribution in [0.4, 0.5) is 4.79 Å². The number of hydrogen-bond acceptors (Lipinski definition) is 15. The van der Waals surface area contributed by atoms with E-state index in [9.17, 15) is 24.0 Å². The average Bonchev–Trinajstić information content (AvgIpc) is 1.06. The van der Waals surface area contributed by atoms with Crippen molar-refractivity contribution < 1.29 is 57.4 Å². The van der Waals surface area contributed by atoms with Crippen molar-refractivity contribution in [2.45, 2.75) is 216 Å². The molecule has 1 fully saturated rings. The first kappa shape index (κ1) is 77.9. The number of rotatable bonds is 18. The van der Waals surface area contributed by atoms with E-state index >= 15 is 19.2 Å². The Morgan fingerprint density at radius 3 is 1.62 bits per heavy atom. The Balaban J connectivity index is 3.04. The third-order valence-electron chi connectivity index (χ3n) is 15.8. The summed E-state index contributed by atoms with van der Waals surface area (Å²) in [6.07, 6.45) is 2.33. The minimum Gasteiger partial charge on any atom is -0.451 e. The molecular formula is C65H110N10O12S. The zero-order chi connectivity index (χ0) is 67.2. The highest BCUT2D eigenvalue weighted by Gasteiger charge is 2.43. The first-order chi connectivity index (χ1) is 40.9. The third-order valence-corrected chi connectivity index (χ3v) is 16.0. The molecule has 2 rings (SSSR count). The van der Waals surface area contributed by atoms with Crippen LogP contribution >= 0.6 is 12.2 Å². The molecule has 0 bridgehead atoms. The molecule has 4 N–H and O–H groups in total. The van der Waals surface area contributed by atoms with E-state index in [-0.39, 0.29) is 66.4 Å². The molecule has 1 aliphatic rings. The molecular weight excluding hydrogens is 1140 g/mol. The molecule has 23 heteroatoms. The van der Waals surface area contributed by atoms with Gasteiger partial charge in [-0.05, 0) is 126 Å². The van der Waals surface area contributed by atoms with Crippen LogP contribution in [0, 0.1) is 41.4 Å². The predicted molar refractivity (Wildman–Crippen MR) is 346 cm³/mol. The van der Waals surface area contributed by atoms with Gasteiger partial charge in [-0.1, -0.05) is 120 Å². The summed E-state index contributed by atoms with van der Waals surface area (Å²) in [5.74, 6) is -6.04. The maximum Gasteiger partial charge on any atom is 0.417 e. The lowest BCUT2D eigenvalue weighted by atomic mass is 9.94. The second kappa shape index (κ2) is 37.1. The molecule has 498 valence electrons. The summed E-state index contributed by atoms with van der Waals surface area (Å²) in [5, 5.41) is 12.0. The summed E-state index contributed by atoms with van der Waals surface area (Å²) in [7, 11) is 8.99. The number of carbonyl (C=O) groups is 9. The summed E-state index contributed by atoms with van der Waals surface area (Å²) in [4.78, 5) is 141. The molecule has 4 unspecified atom stereocenters. The first-order valence-electron chi connectivity index (χ1n) is 31.4. The van der Waals surface area contributed by atoms with Crippen LogP contribution in [0.3, 0.4) is 0 Å². The van der Waals surface area contributed by atoms with E-state index in [2.05, 4.69) is 21.3 Å². The molecule has 1 heterocycles. The Morgan fingerprint density at radius 2 is 1.10 bits per heavy atom. The van der Waals surface area contributed by atoms with Crippen molar-refractivity contribution in [1.82, 2.24) is 50.7 Å². The minimum atomic E-state index is -1.55. The van der Waals surface area contributed by atoms with Gasteiger partial charge in [0.05, 0.1) is 18.9 Å². The Morgan fingerprint density at radius 1 is 0.602 bits per heavy atom. The van der Waals surface area contributed by atoms with Gasteiger partial charge in [-0.3, -0.25) is 48.7 Å². The van der Waals surface area contributed by atoms with Gasteiger partial charge in [-0.2, -0.15) is 0 Å². The van der Waals surface area contributed by atoms with Crippen LogP contribution in [0.25, 0.3) is 0 Å². The van der Waals surface area contributed by atoms with Gasteiger partial charge in [0.15, 0.2) is 0 Å². The summed E-state index contributed by atoms with van der Waals surface area (Å²) in [5.41, 5.74) is 0. The van der Waals surface area contributed by atoms with Gasteiger partial charge in [0.25, 0.3) is 0 Å². The van der Waals surface area contributed by atoms with E-state index in [1.807, 2.05) is 107 Å². The van der Waals surface area contributed by atoms with Gasteiger partial charge >= 0.3 is 17.3 Å². The number of nitrogens with zero attached hydrogens (tertiary/aromatic N) is 6. The smallest absolute Gasteiger partial charge is 0.417 e. The van der Waals surface area contributed by atoms with E-state index in [0.717, 1.165) is 9.80 Å². The summed E-state index contributed by atoms with van der Waals surface area (Å²) in [6.45, 7) is 29.2. The Bertz CT molecular complexity index is 2500. The summed E-state index contributed by atoms with van der Waals surface area (Å²) in [6, 6.07) is 0.0664. The van der Waals surface area contributed by atoms with E-state index < -0.39 is 127 Å². The van der Waals surface area contributed by atoms with Gasteiger partial charge in [0.1, 0.15) is 54.1 Å². The number of likely N-dealkylation sites (N-methyl/N-ethyl adjacent to an activating group) is 5. The fourth-order valence-electron chi connectivity index (χ4n) is 10.7. The molecule has 0 spiro atoms. The third kappa shape index (κ3) is 24.6. The fourth-order valence-corrected chi connectivity index (χ4v) is 11.0. The van der Waals surface area contributed by atoms with Crippen LogP contribution in [-0.4, -0.2) is 198 Å². The highest BCUT2D eigenvalue weighted by molar-refractivity contribution is 7.79. The molecule has 8 amide bonds. The SMILES string of the molecule is C/C=C/C[C@@H](C)CC1C(=O)NC(C(C)OC(=S)Oc2ccccc2)C(=O)N(C)CC(=O)N(C)[C@@H](CC(C)C)C(=O)N[C@H](CC(C)C)N(C)[C@H](CC(C)C)N[C@H](C)C(=O)OC(=O)N(C)[C@H](CC(C)C)C(=O)N[C@H](CC(C)C)C(=O)N(C)C(C(C)C)C(=O)N1C. The standard InChI is InChI=1S/C65H110N10O12S/c1-23-24-28-44(14)36-51-59(79)69-55(46(16)85-65(88)86-47-29-26-25-27-30-47)61(81)70(17)37-54(76)71(18)49(32-39(4)5)58(78)68-53(35-42(10)11)74(21)52(34-41(8)9)66-45(15)63(83)87-64(84)73(20)50(33-40(6)7)57(77)67-48(31-38(2)3)60(80)75(22)56(43(12)13)62(82)72(51)19/h23-27,29-30,38-46,48-53,55-56,66H,28,31-37H2,1-22H3,(H,67,77)(H,68,78)(H,69,79)/b24-23+/t44-,45-,46?,48-,49+,50-,51?,52-,53+,55?,56?/m1/s1. The van der Waals surface area contributed by atoms with E-state index in [0.29, 0.717) is 25.0 Å². The molecule has 0 radical (unpaired) electrons. The van der Waals surface area contributed by atoms with Crippen LogP contribution in [0.15, 0.2) is 42.5 Å². The van der Waals surface area contributed by atoms with Crippen molar-refractivity contribution >= 4 is 70.9 Å². The molecule has 22 nitrogen and oxygen atoms in total. The van der Waals surface area contributed by atoms with Crippen LogP contribution in [0.2, 0.25) is 0 Å². The van der Waals surface area contributed by atoms with Crippen LogP contribution < -0.4 is 26.0 Å². The van der Waals surface area contributed by atoms with Gasteiger partial charge in [-0.25, -0.2) is 9.59 Å². The Kier molecular flexibility index (Phi) is 32.8. The molecule has 0 saturated carbocycles. The largest absolute Gasteiger partial charge is 0.451 e. The molecule has 1 aliphatic heterocycles. The number of nitrogens with one attached hydrogen (secondary N) is 4. The monoisotopic (exact) mass is 1250 g/mol. The molecule has 1 saturated heterocycles. The molecule has 0 aliphatic carbocycles. The molecule has 88 heavy (non-hydrogen) atoms. The number of carbonyl (C=O) groups excluding carboxylic acids is 9. The summed E-state index contributed by atoms with van der Waals surface area (Å²) < 4.78 is 17.4.